The number of aliphatic hydroxyl groups is 4. The molecule has 24 heavy (non-hydrogen) atoms. The summed E-state index contributed by atoms with van der Waals surface area (Å²) in [6.07, 6.45) is -5.99. The first-order valence-electron chi connectivity index (χ1n) is 7.72. The van der Waals surface area contributed by atoms with E-state index in [4.69, 9.17) is 20.3 Å². The summed E-state index contributed by atoms with van der Waals surface area (Å²) in [4.78, 5) is 23.4. The van der Waals surface area contributed by atoms with Gasteiger partial charge in [-0.1, -0.05) is 13.3 Å². The van der Waals surface area contributed by atoms with E-state index in [1.165, 1.54) is 0 Å². The predicted octanol–water partition coefficient (Wildman–Crippen LogP) is -2.31. The van der Waals surface area contributed by atoms with Crippen LogP contribution in [-0.2, 0) is 19.1 Å². The lowest BCUT2D eigenvalue weighted by atomic mass is 9.89. The first-order valence-corrected chi connectivity index (χ1v) is 7.72. The molecule has 10 nitrogen and oxygen atoms in total. The summed E-state index contributed by atoms with van der Waals surface area (Å²) in [7, 11) is 0. The van der Waals surface area contributed by atoms with Crippen LogP contribution in [0.5, 0.6) is 0 Å². The molecule has 7 N–H and O–H groups in total. The van der Waals surface area contributed by atoms with Crippen molar-refractivity contribution >= 4 is 11.9 Å². The molecule has 0 aromatic rings. The maximum absolute atomic E-state index is 11.8. The van der Waals surface area contributed by atoms with Crippen LogP contribution in [0.15, 0.2) is 0 Å². The highest BCUT2D eigenvalue weighted by Gasteiger charge is 2.56. The van der Waals surface area contributed by atoms with Crippen LogP contribution in [0.2, 0.25) is 0 Å². The molecule has 1 rings (SSSR count). The van der Waals surface area contributed by atoms with Crippen molar-refractivity contribution in [1.82, 2.24) is 0 Å². The largest absolute Gasteiger partial charge is 0.476 e. The number of rotatable bonds is 8. The normalized spacial score (nSPS) is 32.8. The van der Waals surface area contributed by atoms with Gasteiger partial charge in [0.1, 0.15) is 18.3 Å². The molecule has 6 atom stereocenters. The number of aliphatic carboxylic acids is 1. The van der Waals surface area contributed by atoms with Crippen LogP contribution in [0.3, 0.4) is 0 Å². The number of nitrogens with two attached hydrogens (primary N) is 1. The highest BCUT2D eigenvalue weighted by molar-refractivity contribution is 5.80. The molecule has 1 aliphatic rings. The average molecular weight is 351 g/mol. The van der Waals surface area contributed by atoms with E-state index in [0.717, 1.165) is 0 Å². The molecule has 1 saturated heterocycles. The minimum atomic E-state index is -2.53. The molecule has 0 spiro atoms. The Bertz CT molecular complexity index is 446. The van der Waals surface area contributed by atoms with E-state index in [9.17, 15) is 30.0 Å². The Kier molecular flexibility index (Phi) is 7.52. The molecular weight excluding hydrogens is 326 g/mol. The van der Waals surface area contributed by atoms with Gasteiger partial charge in [-0.25, -0.2) is 4.79 Å². The van der Waals surface area contributed by atoms with Crippen molar-refractivity contribution in [3.8, 4) is 0 Å². The molecule has 0 unspecified atom stereocenters. The number of unbranched alkanes of at least 4 members (excludes halogenated alkanes) is 1. The van der Waals surface area contributed by atoms with E-state index in [1.54, 1.807) is 0 Å². The molecular formula is C14H25NO9. The molecule has 1 fully saturated rings. The van der Waals surface area contributed by atoms with Gasteiger partial charge in [0.15, 0.2) is 0 Å². The highest BCUT2D eigenvalue weighted by Crippen LogP contribution is 2.33. The second kappa shape index (κ2) is 8.70. The molecule has 0 aromatic heterocycles. The predicted molar refractivity (Wildman–Crippen MR) is 78.6 cm³/mol. The van der Waals surface area contributed by atoms with Crippen molar-refractivity contribution in [2.24, 2.45) is 5.73 Å². The molecule has 0 saturated carbocycles. The van der Waals surface area contributed by atoms with Gasteiger partial charge in [-0.05, 0) is 6.42 Å². The average Bonchev–Trinajstić information content (AvgIpc) is 2.54. The lowest BCUT2D eigenvalue weighted by Gasteiger charge is -2.44. The van der Waals surface area contributed by atoms with Crippen molar-refractivity contribution in [2.45, 2.75) is 68.9 Å². The van der Waals surface area contributed by atoms with Gasteiger partial charge in [-0.15, -0.1) is 0 Å². The maximum Gasteiger partial charge on any atom is 0.377 e. The summed E-state index contributed by atoms with van der Waals surface area (Å²) < 4.78 is 10.1. The van der Waals surface area contributed by atoms with Gasteiger partial charge in [0.05, 0.1) is 25.2 Å². The first kappa shape index (κ1) is 20.7. The van der Waals surface area contributed by atoms with E-state index < -0.39 is 61.2 Å². The number of carbonyl (C=O) groups excluding carboxylic acids is 1. The Labute approximate surface area is 138 Å². The molecule has 0 amide bonds. The molecule has 140 valence electrons. The van der Waals surface area contributed by atoms with E-state index in [2.05, 4.69) is 0 Å². The Balaban J connectivity index is 3.03. The smallest absolute Gasteiger partial charge is 0.377 e. The summed E-state index contributed by atoms with van der Waals surface area (Å²) >= 11 is 0. The number of esters is 1. The van der Waals surface area contributed by atoms with E-state index in [-0.39, 0.29) is 6.42 Å². The van der Waals surface area contributed by atoms with Crippen LogP contribution < -0.4 is 5.73 Å². The van der Waals surface area contributed by atoms with Crippen molar-refractivity contribution in [1.29, 1.82) is 0 Å². The molecule has 10 heteroatoms. The lowest BCUT2D eigenvalue weighted by molar-refractivity contribution is -0.299. The van der Waals surface area contributed by atoms with E-state index in [0.29, 0.717) is 12.8 Å². The number of hydrogen-bond acceptors (Lipinski definition) is 9. The number of carbonyl (C=O) groups is 2. The standard InChI is InChI=1S/C14H25NO9/c1-2-3-4-9(19)23-14(13(21)22)5-7(17)10(15)12(24-14)11(20)8(18)6-16/h7-8,10-12,16-18,20H,2-6,15H2,1H3,(H,21,22)/t7-,8+,10+,11+,12+,14-/m0/s1. The fraction of sp³-hybridized carbons (Fsp3) is 0.857. The van der Waals surface area contributed by atoms with Gasteiger partial charge in [-0.2, -0.15) is 0 Å². The summed E-state index contributed by atoms with van der Waals surface area (Å²) in [6.45, 7) is 1.00. The summed E-state index contributed by atoms with van der Waals surface area (Å²) in [6, 6.07) is -1.25. The van der Waals surface area contributed by atoms with Gasteiger partial charge < -0.3 is 40.7 Å². The molecule has 0 aromatic carbocycles. The third-order valence-corrected chi connectivity index (χ3v) is 3.88. The van der Waals surface area contributed by atoms with Gasteiger partial charge in [0.25, 0.3) is 0 Å². The number of carboxylic acids is 1. The van der Waals surface area contributed by atoms with Crippen LogP contribution in [0.25, 0.3) is 0 Å². The van der Waals surface area contributed by atoms with Crippen molar-refractivity contribution in [3.05, 3.63) is 0 Å². The van der Waals surface area contributed by atoms with Crippen LogP contribution in [0.4, 0.5) is 0 Å². The Hall–Kier alpha value is -1.30. The van der Waals surface area contributed by atoms with Gasteiger partial charge >= 0.3 is 17.7 Å². The monoisotopic (exact) mass is 351 g/mol. The van der Waals surface area contributed by atoms with Gasteiger partial charge in [0, 0.05) is 6.42 Å². The van der Waals surface area contributed by atoms with Crippen molar-refractivity contribution in [2.75, 3.05) is 6.61 Å². The van der Waals surface area contributed by atoms with E-state index in [1.807, 2.05) is 6.92 Å². The molecule has 1 heterocycles. The minimum absolute atomic E-state index is 0.0382. The molecule has 0 aliphatic carbocycles. The van der Waals surface area contributed by atoms with Crippen LogP contribution in [0.1, 0.15) is 32.6 Å². The summed E-state index contributed by atoms with van der Waals surface area (Å²) in [5.41, 5.74) is 5.69. The van der Waals surface area contributed by atoms with Crippen LogP contribution in [-0.4, -0.2) is 80.3 Å². The Morgan fingerprint density at radius 1 is 1.42 bits per heavy atom. The Morgan fingerprint density at radius 3 is 2.54 bits per heavy atom. The third kappa shape index (κ3) is 4.62. The highest BCUT2D eigenvalue weighted by atomic mass is 16.7. The van der Waals surface area contributed by atoms with Gasteiger partial charge in [0.2, 0.25) is 0 Å². The summed E-state index contributed by atoms with van der Waals surface area (Å²) in [5, 5.41) is 47.8. The zero-order chi connectivity index (χ0) is 18.5. The Morgan fingerprint density at radius 2 is 2.04 bits per heavy atom. The first-order chi connectivity index (χ1) is 11.2. The van der Waals surface area contributed by atoms with Crippen molar-refractivity contribution in [3.63, 3.8) is 0 Å². The number of ether oxygens (including phenoxy) is 2. The second-order valence-corrected chi connectivity index (χ2v) is 5.81. The summed E-state index contributed by atoms with van der Waals surface area (Å²) in [5.74, 6) is -5.03. The van der Waals surface area contributed by atoms with Crippen LogP contribution >= 0.6 is 0 Å². The number of aliphatic hydroxyl groups excluding tert-OH is 4. The van der Waals surface area contributed by atoms with Crippen LogP contribution in [0, 0.1) is 0 Å². The number of carboxylic acid groups (broad SMARTS) is 1. The lowest BCUT2D eigenvalue weighted by Crippen LogP contribution is -2.66. The number of hydrogen-bond donors (Lipinski definition) is 6. The quantitative estimate of drug-likeness (QED) is 0.260. The molecule has 0 bridgehead atoms. The zero-order valence-corrected chi connectivity index (χ0v) is 13.4. The minimum Gasteiger partial charge on any atom is -0.476 e. The fourth-order valence-electron chi connectivity index (χ4n) is 2.40. The fourth-order valence-corrected chi connectivity index (χ4v) is 2.40. The molecule has 0 radical (unpaired) electrons. The van der Waals surface area contributed by atoms with E-state index >= 15 is 0 Å². The topological polar surface area (TPSA) is 180 Å². The zero-order valence-electron chi connectivity index (χ0n) is 13.4. The van der Waals surface area contributed by atoms with Gasteiger partial charge in [-0.3, -0.25) is 4.79 Å². The second-order valence-electron chi connectivity index (χ2n) is 5.81. The molecule has 1 aliphatic heterocycles. The SMILES string of the molecule is CCCCC(=O)O[C@@]1(C(=O)O)C[C@H](O)[C@@H](N)[C@H]([C@H](O)[C@H](O)CO)O1. The van der Waals surface area contributed by atoms with Crippen molar-refractivity contribution < 1.29 is 44.6 Å². The maximum atomic E-state index is 11.8. The third-order valence-electron chi connectivity index (χ3n) is 3.88.